The van der Waals surface area contributed by atoms with Crippen molar-refractivity contribution < 1.29 is 4.79 Å². The molecule has 1 unspecified atom stereocenters. The average molecular weight is 333 g/mol. The first-order chi connectivity index (χ1) is 12.1. The molecule has 1 saturated heterocycles. The van der Waals surface area contributed by atoms with E-state index in [1.807, 2.05) is 18.2 Å². The molecular formula is C21H23N3O. The van der Waals surface area contributed by atoms with Gasteiger partial charge in [-0.1, -0.05) is 36.4 Å². The highest BCUT2D eigenvalue weighted by Gasteiger charge is 2.26. The molecule has 2 aromatic carbocycles. The third kappa shape index (κ3) is 3.11. The maximum atomic E-state index is 11.4. The number of amides is 1. The standard InChI is InChI=1S/C21H23N3O/c1-23-9-11-24(12-10-23)20-8-6-17-13-16(5-7-19(17)20)15-3-2-4-18(14-15)21(22)25/h2-8,13-14,20H,9-12H2,1H3,(H2,22,25). The zero-order valence-corrected chi connectivity index (χ0v) is 14.5. The van der Waals surface area contributed by atoms with Crippen LogP contribution in [0.15, 0.2) is 48.5 Å². The van der Waals surface area contributed by atoms with Crippen molar-refractivity contribution in [3.63, 3.8) is 0 Å². The van der Waals surface area contributed by atoms with Crippen molar-refractivity contribution in [2.24, 2.45) is 5.73 Å². The summed E-state index contributed by atoms with van der Waals surface area (Å²) in [5, 5.41) is 0. The molecule has 0 aromatic heterocycles. The fourth-order valence-electron chi connectivity index (χ4n) is 3.74. The number of piperazine rings is 1. The number of fused-ring (bicyclic) bond motifs is 1. The van der Waals surface area contributed by atoms with E-state index in [-0.39, 0.29) is 0 Å². The predicted octanol–water partition coefficient (Wildman–Crippen LogP) is 2.77. The van der Waals surface area contributed by atoms with Crippen molar-refractivity contribution in [2.45, 2.75) is 6.04 Å². The Morgan fingerprint density at radius 2 is 1.80 bits per heavy atom. The summed E-state index contributed by atoms with van der Waals surface area (Å²) in [6, 6.07) is 14.5. The normalized spacial score (nSPS) is 20.6. The third-order valence-corrected chi connectivity index (χ3v) is 5.28. The molecule has 1 heterocycles. The highest BCUT2D eigenvalue weighted by molar-refractivity contribution is 5.94. The van der Waals surface area contributed by atoms with E-state index < -0.39 is 5.91 Å². The fourth-order valence-corrected chi connectivity index (χ4v) is 3.74. The molecule has 1 fully saturated rings. The first-order valence-electron chi connectivity index (χ1n) is 8.77. The molecule has 1 amide bonds. The Kier molecular flexibility index (Phi) is 4.15. The van der Waals surface area contributed by atoms with Gasteiger partial charge in [0, 0.05) is 31.7 Å². The molecule has 0 bridgehead atoms. The lowest BCUT2D eigenvalue weighted by atomic mass is 9.97. The summed E-state index contributed by atoms with van der Waals surface area (Å²) in [5.74, 6) is -0.391. The molecule has 4 nitrogen and oxygen atoms in total. The van der Waals surface area contributed by atoms with Gasteiger partial charge in [-0.25, -0.2) is 0 Å². The average Bonchev–Trinajstić information content (AvgIpc) is 3.05. The zero-order chi connectivity index (χ0) is 17.4. The summed E-state index contributed by atoms with van der Waals surface area (Å²) in [6.45, 7) is 4.45. The topological polar surface area (TPSA) is 49.6 Å². The van der Waals surface area contributed by atoms with Gasteiger partial charge in [-0.3, -0.25) is 9.69 Å². The molecule has 1 atom stereocenters. The van der Waals surface area contributed by atoms with E-state index in [1.54, 1.807) is 6.07 Å². The van der Waals surface area contributed by atoms with Gasteiger partial charge >= 0.3 is 0 Å². The second-order valence-electron chi connectivity index (χ2n) is 6.93. The molecule has 2 aliphatic rings. The number of carbonyl (C=O) groups is 1. The second kappa shape index (κ2) is 6.47. The number of nitrogens with zero attached hydrogens (tertiary/aromatic N) is 2. The SMILES string of the molecule is CN1CCN(C2C=Cc3cc(-c4cccc(C(N)=O)c4)ccc32)CC1. The quantitative estimate of drug-likeness (QED) is 0.940. The van der Waals surface area contributed by atoms with Gasteiger partial charge in [0.05, 0.1) is 6.04 Å². The van der Waals surface area contributed by atoms with Crippen LogP contribution < -0.4 is 5.73 Å². The Labute approximate surface area is 148 Å². The van der Waals surface area contributed by atoms with Crippen molar-refractivity contribution in [1.29, 1.82) is 0 Å². The summed E-state index contributed by atoms with van der Waals surface area (Å²) < 4.78 is 0. The van der Waals surface area contributed by atoms with Crippen LogP contribution in [0.3, 0.4) is 0 Å². The van der Waals surface area contributed by atoms with Crippen molar-refractivity contribution >= 4 is 12.0 Å². The number of likely N-dealkylation sites (N-methyl/N-ethyl adjacent to an activating group) is 1. The molecule has 25 heavy (non-hydrogen) atoms. The van der Waals surface area contributed by atoms with E-state index in [9.17, 15) is 4.79 Å². The first-order valence-corrected chi connectivity index (χ1v) is 8.77. The van der Waals surface area contributed by atoms with E-state index in [0.717, 1.165) is 37.3 Å². The van der Waals surface area contributed by atoms with Crippen molar-refractivity contribution in [1.82, 2.24) is 9.80 Å². The molecule has 0 spiro atoms. The number of hydrogen-bond donors (Lipinski definition) is 1. The highest BCUT2D eigenvalue weighted by atomic mass is 16.1. The molecule has 0 saturated carbocycles. The molecule has 2 N–H and O–H groups in total. The van der Waals surface area contributed by atoms with Crippen LogP contribution in [-0.2, 0) is 0 Å². The summed E-state index contributed by atoms with van der Waals surface area (Å²) in [4.78, 5) is 16.3. The van der Waals surface area contributed by atoms with Crippen LogP contribution in [0.2, 0.25) is 0 Å². The molecule has 4 rings (SSSR count). The third-order valence-electron chi connectivity index (χ3n) is 5.28. The van der Waals surface area contributed by atoms with Crippen LogP contribution >= 0.6 is 0 Å². The number of benzene rings is 2. The Morgan fingerprint density at radius 3 is 2.56 bits per heavy atom. The zero-order valence-electron chi connectivity index (χ0n) is 14.5. The van der Waals surface area contributed by atoms with E-state index in [0.29, 0.717) is 11.6 Å². The minimum Gasteiger partial charge on any atom is -0.366 e. The van der Waals surface area contributed by atoms with Gasteiger partial charge in [-0.05, 0) is 47.5 Å². The lowest BCUT2D eigenvalue weighted by molar-refractivity contribution is 0.100. The molecule has 1 aliphatic carbocycles. The number of primary amides is 1. The summed E-state index contributed by atoms with van der Waals surface area (Å²) in [5.41, 5.74) is 10.7. The number of hydrogen-bond acceptors (Lipinski definition) is 3. The smallest absolute Gasteiger partial charge is 0.248 e. The fraction of sp³-hybridized carbons (Fsp3) is 0.286. The van der Waals surface area contributed by atoms with E-state index >= 15 is 0 Å². The summed E-state index contributed by atoms with van der Waals surface area (Å²) in [7, 11) is 2.18. The number of carbonyl (C=O) groups excluding carboxylic acids is 1. The van der Waals surface area contributed by atoms with E-state index in [4.69, 9.17) is 5.73 Å². The molecule has 1 aliphatic heterocycles. The molecule has 128 valence electrons. The number of rotatable bonds is 3. The first kappa shape index (κ1) is 16.1. The maximum absolute atomic E-state index is 11.4. The van der Waals surface area contributed by atoms with Crippen LogP contribution in [0.5, 0.6) is 0 Å². The largest absolute Gasteiger partial charge is 0.366 e. The maximum Gasteiger partial charge on any atom is 0.248 e. The second-order valence-corrected chi connectivity index (χ2v) is 6.93. The Morgan fingerprint density at radius 1 is 1.04 bits per heavy atom. The van der Waals surface area contributed by atoms with Crippen molar-refractivity contribution in [3.8, 4) is 11.1 Å². The van der Waals surface area contributed by atoms with E-state index in [1.165, 1.54) is 11.1 Å². The molecule has 0 radical (unpaired) electrons. The van der Waals surface area contributed by atoms with Gasteiger partial charge in [-0.2, -0.15) is 0 Å². The van der Waals surface area contributed by atoms with Gasteiger partial charge < -0.3 is 10.6 Å². The predicted molar refractivity (Wildman–Crippen MR) is 101 cm³/mol. The lowest BCUT2D eigenvalue weighted by Gasteiger charge is -2.36. The van der Waals surface area contributed by atoms with Crippen molar-refractivity contribution in [2.75, 3.05) is 33.2 Å². The molecule has 4 heteroatoms. The summed E-state index contributed by atoms with van der Waals surface area (Å²) >= 11 is 0. The molecule has 2 aromatic rings. The summed E-state index contributed by atoms with van der Waals surface area (Å²) in [6.07, 6.45) is 4.53. The molecular weight excluding hydrogens is 310 g/mol. The Hall–Kier alpha value is -2.43. The Bertz CT molecular complexity index is 835. The van der Waals surface area contributed by atoms with Crippen LogP contribution in [0.4, 0.5) is 0 Å². The van der Waals surface area contributed by atoms with Crippen LogP contribution in [-0.4, -0.2) is 48.9 Å². The van der Waals surface area contributed by atoms with Gasteiger partial charge in [0.1, 0.15) is 0 Å². The Balaban J connectivity index is 1.61. The van der Waals surface area contributed by atoms with E-state index in [2.05, 4.69) is 47.2 Å². The van der Waals surface area contributed by atoms with Crippen LogP contribution in [0.1, 0.15) is 27.5 Å². The van der Waals surface area contributed by atoms with Gasteiger partial charge in [0.25, 0.3) is 0 Å². The lowest BCUT2D eigenvalue weighted by Crippen LogP contribution is -2.45. The van der Waals surface area contributed by atoms with Gasteiger partial charge in [0.2, 0.25) is 5.91 Å². The number of nitrogens with two attached hydrogens (primary N) is 1. The van der Waals surface area contributed by atoms with Crippen LogP contribution in [0.25, 0.3) is 17.2 Å². The van der Waals surface area contributed by atoms with Crippen molar-refractivity contribution in [3.05, 3.63) is 65.2 Å². The minimum atomic E-state index is -0.391. The monoisotopic (exact) mass is 333 g/mol. The van der Waals surface area contributed by atoms with Gasteiger partial charge in [-0.15, -0.1) is 0 Å². The van der Waals surface area contributed by atoms with Gasteiger partial charge in [0.15, 0.2) is 0 Å². The minimum absolute atomic E-state index is 0.384. The van der Waals surface area contributed by atoms with Crippen LogP contribution in [0, 0.1) is 0 Å². The highest BCUT2D eigenvalue weighted by Crippen LogP contribution is 2.36.